The fourth-order valence-corrected chi connectivity index (χ4v) is 7.01. The van der Waals surface area contributed by atoms with E-state index in [9.17, 15) is 38.7 Å². The lowest BCUT2D eigenvalue weighted by Gasteiger charge is -2.34. The summed E-state index contributed by atoms with van der Waals surface area (Å²) in [5, 5.41) is 19.7. The number of likely N-dealkylation sites (tertiary alicyclic amines) is 1. The summed E-state index contributed by atoms with van der Waals surface area (Å²) < 4.78 is 11.6. The Bertz CT molecular complexity index is 1650. The molecule has 0 spiro atoms. The second kappa shape index (κ2) is 21.7. The molecule has 2 aliphatic rings. The molecule has 56 heavy (non-hydrogen) atoms. The second-order valence-corrected chi connectivity index (χ2v) is 14.8. The molecule has 3 unspecified atom stereocenters. The first-order valence-electron chi connectivity index (χ1n) is 19.5. The maximum atomic E-state index is 14.5. The zero-order chi connectivity index (χ0) is 40.6. The molecule has 1 saturated heterocycles. The number of nitrogens with zero attached hydrogens (tertiary/aromatic N) is 1. The minimum atomic E-state index is -1.38. The molecule has 4 rings (SSSR count). The quantitative estimate of drug-likeness (QED) is 0.131. The number of ketones is 1. The van der Waals surface area contributed by atoms with Gasteiger partial charge < -0.3 is 40.7 Å². The van der Waals surface area contributed by atoms with Gasteiger partial charge in [-0.05, 0) is 42.2 Å². The van der Waals surface area contributed by atoms with E-state index in [0.717, 1.165) is 24.8 Å². The smallest absolute Gasteiger partial charge is 0.407 e. The molecule has 1 heterocycles. The molecular weight excluding hydrogens is 722 g/mol. The number of carbonyl (C=O) groups is 7. The summed E-state index contributed by atoms with van der Waals surface area (Å²) in [6, 6.07) is 12.7. The first-order valence-corrected chi connectivity index (χ1v) is 19.5. The molecule has 1 aliphatic carbocycles. The molecule has 1 aliphatic heterocycles. The van der Waals surface area contributed by atoms with Crippen LogP contribution in [0, 0.1) is 11.8 Å². The third kappa shape index (κ3) is 12.9. The second-order valence-electron chi connectivity index (χ2n) is 14.8. The molecule has 5 N–H and O–H groups in total. The van der Waals surface area contributed by atoms with Gasteiger partial charge in [0.25, 0.3) is 5.91 Å². The largest absolute Gasteiger partial charge is 0.479 e. The van der Waals surface area contributed by atoms with E-state index >= 15 is 0 Å². The first-order chi connectivity index (χ1) is 26.9. The van der Waals surface area contributed by atoms with Gasteiger partial charge in [0.1, 0.15) is 12.1 Å². The van der Waals surface area contributed by atoms with Crippen molar-refractivity contribution in [3.8, 4) is 0 Å². The fourth-order valence-electron chi connectivity index (χ4n) is 7.01. The van der Waals surface area contributed by atoms with Gasteiger partial charge in [-0.3, -0.25) is 24.0 Å². The van der Waals surface area contributed by atoms with E-state index in [1.807, 2.05) is 44.2 Å². The molecule has 0 bridgehead atoms. The Balaban J connectivity index is 1.48. The first kappa shape index (κ1) is 43.4. The van der Waals surface area contributed by atoms with Crippen LogP contribution in [0.5, 0.6) is 0 Å². The lowest BCUT2D eigenvalue weighted by atomic mass is 9.83. The Morgan fingerprint density at radius 2 is 1.54 bits per heavy atom. The Hall–Kier alpha value is -5.31. The van der Waals surface area contributed by atoms with E-state index in [4.69, 9.17) is 9.47 Å². The van der Waals surface area contributed by atoms with Crippen molar-refractivity contribution in [3.63, 3.8) is 0 Å². The number of alkyl carbamates (subject to hydrolysis) is 1. The van der Waals surface area contributed by atoms with Crippen molar-refractivity contribution in [1.29, 1.82) is 0 Å². The number of aliphatic carboxylic acids is 1. The predicted molar refractivity (Wildman–Crippen MR) is 205 cm³/mol. The lowest BCUT2D eigenvalue weighted by Crippen LogP contribution is -2.58. The van der Waals surface area contributed by atoms with Crippen LogP contribution in [-0.2, 0) is 44.8 Å². The molecule has 2 aromatic rings. The highest BCUT2D eigenvalue weighted by atomic mass is 16.5. The summed E-state index contributed by atoms with van der Waals surface area (Å²) in [6.45, 7) is 5.35. The van der Waals surface area contributed by atoms with Crippen molar-refractivity contribution in [2.75, 3.05) is 19.7 Å². The Morgan fingerprint density at radius 1 is 0.875 bits per heavy atom. The average Bonchev–Trinajstić information content (AvgIpc) is 3.64. The Kier molecular flexibility index (Phi) is 16.8. The molecule has 1 saturated carbocycles. The highest BCUT2D eigenvalue weighted by Gasteiger charge is 2.45. The molecule has 0 aromatic heterocycles. The topological polar surface area (TPSA) is 210 Å². The number of nitrogens with one attached hydrogen (secondary N) is 4. The van der Waals surface area contributed by atoms with Crippen molar-refractivity contribution in [3.05, 3.63) is 71.8 Å². The average molecular weight is 778 g/mol. The van der Waals surface area contributed by atoms with Gasteiger partial charge in [-0.1, -0.05) is 107 Å². The number of amides is 5. The van der Waals surface area contributed by atoms with Gasteiger partial charge in [0.2, 0.25) is 23.5 Å². The minimum absolute atomic E-state index is 0.0536. The lowest BCUT2D eigenvalue weighted by molar-refractivity contribution is -0.144. The summed E-state index contributed by atoms with van der Waals surface area (Å²) in [6.07, 6.45) is 3.54. The van der Waals surface area contributed by atoms with Crippen LogP contribution in [0.25, 0.3) is 0 Å². The van der Waals surface area contributed by atoms with Crippen molar-refractivity contribution in [2.24, 2.45) is 11.8 Å². The summed E-state index contributed by atoms with van der Waals surface area (Å²) >= 11 is 0. The third-order valence-electron chi connectivity index (χ3n) is 9.91. The number of benzene rings is 2. The van der Waals surface area contributed by atoms with Crippen LogP contribution < -0.4 is 21.3 Å². The van der Waals surface area contributed by atoms with Crippen LogP contribution in [0.1, 0.15) is 89.3 Å². The number of rotatable bonds is 19. The molecule has 15 heteroatoms. The monoisotopic (exact) mass is 777 g/mol. The maximum Gasteiger partial charge on any atom is 0.407 e. The highest BCUT2D eigenvalue weighted by molar-refractivity contribution is 6.38. The summed E-state index contributed by atoms with van der Waals surface area (Å²) in [5.74, 6) is -5.51. The van der Waals surface area contributed by atoms with Crippen LogP contribution in [0.15, 0.2) is 60.7 Å². The third-order valence-corrected chi connectivity index (χ3v) is 9.91. The van der Waals surface area contributed by atoms with Gasteiger partial charge in [0.15, 0.2) is 6.04 Å². The molecule has 5 atom stereocenters. The summed E-state index contributed by atoms with van der Waals surface area (Å²) in [7, 11) is 0. The SMILES string of the molecule is CCCC(NC(=O)[C@@H]1C[C@@H](OCc2ccccc2)CN1C(=O)C(NC(=O)OCC(C)C)C1CCCCC1)C(=O)C(=O)NCC(=O)NC(C(=O)O)c1ccccc1. The zero-order valence-electron chi connectivity index (χ0n) is 32.4. The Labute approximate surface area is 327 Å². The van der Waals surface area contributed by atoms with Crippen molar-refractivity contribution in [1.82, 2.24) is 26.2 Å². The van der Waals surface area contributed by atoms with E-state index in [2.05, 4.69) is 21.3 Å². The fraction of sp³-hybridized carbons (Fsp3) is 0.537. The molecule has 2 fully saturated rings. The van der Waals surface area contributed by atoms with E-state index < -0.39 is 78.3 Å². The van der Waals surface area contributed by atoms with E-state index in [1.54, 1.807) is 25.1 Å². The number of Topliss-reactive ketones (excluding diaryl/α,β-unsaturated/α-hetero) is 1. The van der Waals surface area contributed by atoms with E-state index in [1.165, 1.54) is 17.0 Å². The number of carboxylic acids is 1. The molecule has 0 radical (unpaired) electrons. The van der Waals surface area contributed by atoms with Gasteiger partial charge in [-0.2, -0.15) is 0 Å². The highest BCUT2D eigenvalue weighted by Crippen LogP contribution is 2.30. The molecule has 304 valence electrons. The van der Waals surface area contributed by atoms with Crippen LogP contribution in [0.3, 0.4) is 0 Å². The number of hydrogen-bond donors (Lipinski definition) is 5. The van der Waals surface area contributed by atoms with Crippen molar-refractivity contribution in [2.45, 2.75) is 109 Å². The minimum Gasteiger partial charge on any atom is -0.479 e. The maximum absolute atomic E-state index is 14.5. The van der Waals surface area contributed by atoms with Crippen LogP contribution in [0.4, 0.5) is 4.79 Å². The van der Waals surface area contributed by atoms with Gasteiger partial charge in [-0.15, -0.1) is 0 Å². The number of hydrogen-bond acceptors (Lipinski definition) is 9. The van der Waals surface area contributed by atoms with Crippen molar-refractivity contribution < 1.29 is 48.1 Å². The van der Waals surface area contributed by atoms with Gasteiger partial charge in [0.05, 0.1) is 31.9 Å². The van der Waals surface area contributed by atoms with Crippen LogP contribution in [-0.4, -0.2) is 95.4 Å². The van der Waals surface area contributed by atoms with Crippen LogP contribution >= 0.6 is 0 Å². The molecule has 5 amide bonds. The standard InChI is InChI=1S/C41H55N5O10/c1-4-14-31(36(48)38(50)42-22-33(47)44-35(40(52)53)29-19-12-7-13-20-29)43-37(49)32-21-30(55-25-27-15-8-5-9-16-27)23-46(32)39(51)34(28-17-10-6-11-18-28)45-41(54)56-24-26(2)3/h5,7-9,12-13,15-16,19-20,26,28,30-32,34-35H,4,6,10-11,14,17-18,21-25H2,1-3H3,(H,42,50)(H,43,49)(H,44,47)(H,45,54)(H,52,53)/t30-,31?,32+,34?,35?/m1/s1. The number of ether oxygens (including phenoxy) is 2. The van der Waals surface area contributed by atoms with Crippen LogP contribution in [0.2, 0.25) is 0 Å². The summed E-state index contributed by atoms with van der Waals surface area (Å²) in [5.41, 5.74) is 1.22. The normalized spacial score (nSPS) is 18.6. The molecule has 2 aromatic carbocycles. The van der Waals surface area contributed by atoms with E-state index in [-0.39, 0.29) is 44.4 Å². The van der Waals surface area contributed by atoms with E-state index in [0.29, 0.717) is 24.8 Å². The number of carbonyl (C=O) groups excluding carboxylic acids is 6. The summed E-state index contributed by atoms with van der Waals surface area (Å²) in [4.78, 5) is 93.8. The zero-order valence-corrected chi connectivity index (χ0v) is 32.4. The predicted octanol–water partition coefficient (Wildman–Crippen LogP) is 3.42. The molecule has 15 nitrogen and oxygen atoms in total. The van der Waals surface area contributed by atoms with Gasteiger partial charge >= 0.3 is 12.1 Å². The van der Waals surface area contributed by atoms with Crippen molar-refractivity contribution >= 4 is 41.5 Å². The Morgan fingerprint density at radius 3 is 2.16 bits per heavy atom. The molecular formula is C41H55N5O10. The van der Waals surface area contributed by atoms with Gasteiger partial charge in [-0.25, -0.2) is 9.59 Å². The number of carboxylic acid groups (broad SMARTS) is 1. The van der Waals surface area contributed by atoms with Gasteiger partial charge in [0, 0.05) is 13.0 Å².